The molecule has 1 aliphatic rings. The van der Waals surface area contributed by atoms with Crippen LogP contribution in [0.4, 0.5) is 5.69 Å². The SMILES string of the molecule is COc1cc(C(=O)Nc2ccc3c(c2)OCCO3)cc(OC)c1OC. The van der Waals surface area contributed by atoms with Crippen molar-refractivity contribution < 1.29 is 28.5 Å². The van der Waals surface area contributed by atoms with Crippen molar-refractivity contribution in [1.29, 1.82) is 0 Å². The van der Waals surface area contributed by atoms with Gasteiger partial charge in [-0.2, -0.15) is 0 Å². The summed E-state index contributed by atoms with van der Waals surface area (Å²) in [7, 11) is 4.51. The molecule has 1 amide bonds. The van der Waals surface area contributed by atoms with Crippen LogP contribution in [0, 0.1) is 0 Å². The summed E-state index contributed by atoms with van der Waals surface area (Å²) in [6.45, 7) is 1.00. The van der Waals surface area contributed by atoms with Crippen LogP contribution in [0.25, 0.3) is 0 Å². The second-order valence-corrected chi connectivity index (χ2v) is 5.23. The van der Waals surface area contributed by atoms with E-state index in [0.717, 1.165) is 0 Å². The Morgan fingerprint density at radius 2 is 1.56 bits per heavy atom. The Morgan fingerprint density at radius 1 is 0.920 bits per heavy atom. The first-order chi connectivity index (χ1) is 12.2. The monoisotopic (exact) mass is 345 g/mol. The average Bonchev–Trinajstić information content (AvgIpc) is 2.66. The van der Waals surface area contributed by atoms with Crippen LogP contribution in [0.15, 0.2) is 30.3 Å². The number of methoxy groups -OCH3 is 3. The molecule has 7 nitrogen and oxygen atoms in total. The van der Waals surface area contributed by atoms with Gasteiger partial charge in [0.25, 0.3) is 5.91 Å². The summed E-state index contributed by atoms with van der Waals surface area (Å²) in [5.41, 5.74) is 0.979. The fourth-order valence-electron chi connectivity index (χ4n) is 2.54. The molecule has 132 valence electrons. The Morgan fingerprint density at radius 3 is 2.16 bits per heavy atom. The van der Waals surface area contributed by atoms with Crippen LogP contribution < -0.4 is 29.0 Å². The number of carbonyl (C=O) groups is 1. The predicted molar refractivity (Wildman–Crippen MR) is 91.5 cm³/mol. The van der Waals surface area contributed by atoms with Crippen molar-refractivity contribution >= 4 is 11.6 Å². The molecule has 0 atom stereocenters. The minimum absolute atomic E-state index is 0.309. The van der Waals surface area contributed by atoms with Crippen molar-refractivity contribution in [2.45, 2.75) is 0 Å². The number of ether oxygens (including phenoxy) is 5. The number of amides is 1. The molecule has 2 aromatic rings. The third kappa shape index (κ3) is 3.40. The van der Waals surface area contributed by atoms with Gasteiger partial charge in [-0.15, -0.1) is 0 Å². The molecule has 25 heavy (non-hydrogen) atoms. The second kappa shape index (κ2) is 7.21. The van der Waals surface area contributed by atoms with Crippen molar-refractivity contribution in [2.24, 2.45) is 0 Å². The van der Waals surface area contributed by atoms with E-state index in [4.69, 9.17) is 23.7 Å². The maximum absolute atomic E-state index is 12.6. The lowest BCUT2D eigenvalue weighted by molar-refractivity contribution is 0.102. The van der Waals surface area contributed by atoms with Gasteiger partial charge in [0.15, 0.2) is 23.0 Å². The molecule has 2 aromatic carbocycles. The second-order valence-electron chi connectivity index (χ2n) is 5.23. The zero-order valence-corrected chi connectivity index (χ0v) is 14.3. The summed E-state index contributed by atoms with van der Waals surface area (Å²) in [5, 5.41) is 2.82. The highest BCUT2D eigenvalue weighted by Gasteiger charge is 2.18. The summed E-state index contributed by atoms with van der Waals surface area (Å²) in [6, 6.07) is 8.43. The lowest BCUT2D eigenvalue weighted by atomic mass is 10.1. The fourth-order valence-corrected chi connectivity index (χ4v) is 2.54. The third-order valence-corrected chi connectivity index (χ3v) is 3.73. The minimum Gasteiger partial charge on any atom is -0.493 e. The number of hydrogen-bond acceptors (Lipinski definition) is 6. The van der Waals surface area contributed by atoms with Gasteiger partial charge in [0.2, 0.25) is 5.75 Å². The number of fused-ring (bicyclic) bond motifs is 1. The summed E-state index contributed by atoms with van der Waals surface area (Å²) in [4.78, 5) is 12.6. The van der Waals surface area contributed by atoms with E-state index in [9.17, 15) is 4.79 Å². The van der Waals surface area contributed by atoms with Gasteiger partial charge in [-0.05, 0) is 24.3 Å². The highest BCUT2D eigenvalue weighted by molar-refractivity contribution is 6.05. The number of carbonyl (C=O) groups excluding carboxylic acids is 1. The van der Waals surface area contributed by atoms with E-state index in [2.05, 4.69) is 5.32 Å². The van der Waals surface area contributed by atoms with Crippen LogP contribution in [0.1, 0.15) is 10.4 Å². The van der Waals surface area contributed by atoms with E-state index in [0.29, 0.717) is 53.2 Å². The summed E-state index contributed by atoms with van der Waals surface area (Å²) in [5.74, 6) is 2.21. The van der Waals surface area contributed by atoms with Crippen LogP contribution in [0.2, 0.25) is 0 Å². The van der Waals surface area contributed by atoms with Crippen molar-refractivity contribution in [3.8, 4) is 28.7 Å². The summed E-state index contributed by atoms with van der Waals surface area (Å²) < 4.78 is 26.8. The first-order valence-electron chi connectivity index (χ1n) is 7.67. The molecule has 0 unspecified atom stereocenters. The van der Waals surface area contributed by atoms with Gasteiger partial charge in [0, 0.05) is 17.3 Å². The Balaban J connectivity index is 1.86. The van der Waals surface area contributed by atoms with Gasteiger partial charge < -0.3 is 29.0 Å². The van der Waals surface area contributed by atoms with Gasteiger partial charge in [-0.25, -0.2) is 0 Å². The van der Waals surface area contributed by atoms with Gasteiger partial charge in [0.1, 0.15) is 13.2 Å². The van der Waals surface area contributed by atoms with Gasteiger partial charge in [0.05, 0.1) is 21.3 Å². The molecular formula is C18H19NO6. The molecule has 0 saturated heterocycles. The number of benzene rings is 2. The van der Waals surface area contributed by atoms with Gasteiger partial charge >= 0.3 is 0 Å². The molecule has 1 aliphatic heterocycles. The lowest BCUT2D eigenvalue weighted by Crippen LogP contribution is -2.16. The fraction of sp³-hybridized carbons (Fsp3) is 0.278. The normalized spacial score (nSPS) is 12.3. The maximum Gasteiger partial charge on any atom is 0.255 e. The van der Waals surface area contributed by atoms with Crippen LogP contribution in [-0.4, -0.2) is 40.5 Å². The maximum atomic E-state index is 12.6. The first-order valence-corrected chi connectivity index (χ1v) is 7.67. The number of rotatable bonds is 5. The predicted octanol–water partition coefficient (Wildman–Crippen LogP) is 2.74. The summed E-state index contributed by atoms with van der Waals surface area (Å²) in [6.07, 6.45) is 0. The van der Waals surface area contributed by atoms with Crippen LogP contribution in [0.3, 0.4) is 0 Å². The Hall–Kier alpha value is -3.09. The highest BCUT2D eigenvalue weighted by atomic mass is 16.6. The van der Waals surface area contributed by atoms with E-state index >= 15 is 0 Å². The van der Waals surface area contributed by atoms with Gasteiger partial charge in [-0.3, -0.25) is 4.79 Å². The van der Waals surface area contributed by atoms with Crippen molar-refractivity contribution in [2.75, 3.05) is 39.9 Å². The van der Waals surface area contributed by atoms with E-state index in [-0.39, 0.29) is 5.91 Å². The van der Waals surface area contributed by atoms with E-state index in [1.165, 1.54) is 21.3 Å². The third-order valence-electron chi connectivity index (χ3n) is 3.73. The molecule has 1 N–H and O–H groups in total. The molecule has 3 rings (SSSR count). The topological polar surface area (TPSA) is 75.3 Å². The van der Waals surface area contributed by atoms with E-state index in [1.54, 1.807) is 30.3 Å². The molecule has 0 bridgehead atoms. The summed E-state index contributed by atoms with van der Waals surface area (Å²) >= 11 is 0. The number of hydrogen-bond donors (Lipinski definition) is 1. The van der Waals surface area contributed by atoms with Gasteiger partial charge in [-0.1, -0.05) is 0 Å². The molecular weight excluding hydrogens is 326 g/mol. The van der Waals surface area contributed by atoms with Crippen molar-refractivity contribution in [3.05, 3.63) is 35.9 Å². The molecule has 0 aliphatic carbocycles. The molecule has 1 heterocycles. The molecule has 7 heteroatoms. The molecule has 0 radical (unpaired) electrons. The molecule has 0 spiro atoms. The molecule has 0 aromatic heterocycles. The Labute approximate surface area is 145 Å². The van der Waals surface area contributed by atoms with Crippen molar-refractivity contribution in [3.63, 3.8) is 0 Å². The Bertz CT molecular complexity index is 764. The number of nitrogens with one attached hydrogen (secondary N) is 1. The molecule has 0 saturated carbocycles. The largest absolute Gasteiger partial charge is 0.493 e. The zero-order chi connectivity index (χ0) is 17.8. The Kier molecular flexibility index (Phi) is 4.83. The van der Waals surface area contributed by atoms with E-state index < -0.39 is 0 Å². The van der Waals surface area contributed by atoms with Crippen LogP contribution in [0.5, 0.6) is 28.7 Å². The quantitative estimate of drug-likeness (QED) is 0.898. The standard InChI is InChI=1S/C18H19NO6/c1-21-15-8-11(9-16(22-2)17(15)23-3)18(20)19-12-4-5-13-14(10-12)25-7-6-24-13/h4-5,8-10H,6-7H2,1-3H3,(H,19,20). The average molecular weight is 345 g/mol. The van der Waals surface area contributed by atoms with Crippen molar-refractivity contribution in [1.82, 2.24) is 0 Å². The minimum atomic E-state index is -0.309. The van der Waals surface area contributed by atoms with Crippen LogP contribution >= 0.6 is 0 Å². The first kappa shape index (κ1) is 16.8. The lowest BCUT2D eigenvalue weighted by Gasteiger charge is -2.19. The zero-order valence-electron chi connectivity index (χ0n) is 14.3. The molecule has 0 fully saturated rings. The van der Waals surface area contributed by atoms with Crippen LogP contribution in [-0.2, 0) is 0 Å². The number of anilines is 1. The highest BCUT2D eigenvalue weighted by Crippen LogP contribution is 2.38. The smallest absolute Gasteiger partial charge is 0.255 e. The van der Waals surface area contributed by atoms with E-state index in [1.807, 2.05) is 0 Å².